The van der Waals surface area contributed by atoms with Crippen LogP contribution in [-0.4, -0.2) is 71.4 Å². The third kappa shape index (κ3) is 14.1. The normalized spacial score (nSPS) is 12.4. The van der Waals surface area contributed by atoms with Crippen molar-refractivity contribution in [2.24, 2.45) is 11.8 Å². The summed E-state index contributed by atoms with van der Waals surface area (Å²) in [5.41, 5.74) is 4.30. The van der Waals surface area contributed by atoms with Crippen molar-refractivity contribution in [3.8, 4) is 0 Å². The number of amides is 3. The van der Waals surface area contributed by atoms with Gasteiger partial charge in [-0.25, -0.2) is 9.59 Å². The van der Waals surface area contributed by atoms with E-state index in [1.165, 1.54) is 4.90 Å². The van der Waals surface area contributed by atoms with Gasteiger partial charge in [-0.05, 0) is 79.1 Å². The van der Waals surface area contributed by atoms with Crippen LogP contribution in [0.2, 0.25) is 18.1 Å². The first-order chi connectivity index (χ1) is 22.8. The lowest BCUT2D eigenvalue weighted by Gasteiger charge is -2.36. The molecular weight excluding hydrogens is 637 g/mol. The van der Waals surface area contributed by atoms with Crippen LogP contribution < -0.4 is 15.5 Å². The Morgan fingerprint density at radius 2 is 1.51 bits per heavy atom. The molecule has 0 radical (unpaired) electrons. The van der Waals surface area contributed by atoms with Crippen molar-refractivity contribution in [1.82, 2.24) is 4.90 Å². The second kappa shape index (κ2) is 19.0. The van der Waals surface area contributed by atoms with E-state index in [0.717, 1.165) is 29.9 Å². The molecule has 0 unspecified atom stereocenters. The van der Waals surface area contributed by atoms with Crippen molar-refractivity contribution in [3.63, 3.8) is 0 Å². The predicted octanol–water partition coefficient (Wildman–Crippen LogP) is 9.23. The monoisotopic (exact) mass is 698 g/mol. The van der Waals surface area contributed by atoms with Gasteiger partial charge in [-0.2, -0.15) is 0 Å². The smallest absolute Gasteiger partial charge is 0.412 e. The van der Waals surface area contributed by atoms with Crippen molar-refractivity contribution in [2.75, 3.05) is 55.6 Å². The van der Waals surface area contributed by atoms with Crippen molar-refractivity contribution in [2.45, 2.75) is 99.2 Å². The van der Waals surface area contributed by atoms with Gasteiger partial charge < -0.3 is 34.3 Å². The first-order valence-electron chi connectivity index (χ1n) is 17.5. The number of hydrogen-bond donors (Lipinski definition) is 2. The number of urea groups is 1. The lowest BCUT2D eigenvalue weighted by Crippen LogP contribution is -2.43. The summed E-state index contributed by atoms with van der Waals surface area (Å²) in [7, 11) is -0.290. The van der Waals surface area contributed by atoms with Gasteiger partial charge in [0.15, 0.2) is 8.32 Å². The van der Waals surface area contributed by atoms with E-state index in [4.69, 9.17) is 13.9 Å². The summed E-state index contributed by atoms with van der Waals surface area (Å²) >= 11 is 0. The van der Waals surface area contributed by atoms with E-state index in [1.807, 2.05) is 56.3 Å². The van der Waals surface area contributed by atoms with Crippen molar-refractivity contribution in [3.05, 3.63) is 53.6 Å². The lowest BCUT2D eigenvalue weighted by atomic mass is 9.92. The second-order valence-electron chi connectivity index (χ2n) is 15.3. The largest absolute Gasteiger partial charge is 0.428 e. The zero-order valence-electron chi connectivity index (χ0n) is 32.1. The first-order valence-corrected chi connectivity index (χ1v) is 20.4. The quantitative estimate of drug-likeness (QED) is 0.0963. The molecule has 2 aromatic carbocycles. The Balaban J connectivity index is 2.11. The third-order valence-corrected chi connectivity index (χ3v) is 13.4. The van der Waals surface area contributed by atoms with E-state index >= 15 is 0 Å². The molecule has 0 heterocycles. The summed E-state index contributed by atoms with van der Waals surface area (Å²) in [6.45, 7) is 25.5. The Morgan fingerprint density at radius 1 is 0.898 bits per heavy atom. The van der Waals surface area contributed by atoms with Crippen LogP contribution in [0.15, 0.2) is 42.5 Å². The SMILES string of the molecule is CC[C@@H](CC(=O)OCOC(=O)N(C)CCO[Si](C)(C)C(C)(C)C)c1ccc(N(CC(C)C)CC(C)C)c(NC(=O)Nc2ccc(C)cc2)c1. The molecule has 0 spiro atoms. The standard InChI is InChI=1S/C38H62N4O6Si/c1-13-30(23-35(43)46-26-47-37(45)41(10)20-21-48-49(11,12)38(7,8)9)31-16-19-34(42(24-27(2)3)25-28(4)5)33(22-31)40-36(44)39-32-17-14-29(6)15-18-32/h14-19,22,27-28,30H,13,20-21,23-26H2,1-12H3,(H2,39,40,44)/t30-/m0/s1. The van der Waals surface area contributed by atoms with Crippen LogP contribution in [0, 0.1) is 18.8 Å². The molecule has 274 valence electrons. The molecule has 1 atom stereocenters. The topological polar surface area (TPSA) is 109 Å². The van der Waals surface area contributed by atoms with E-state index in [0.29, 0.717) is 42.8 Å². The van der Waals surface area contributed by atoms with Gasteiger partial charge in [0.2, 0.25) is 6.79 Å². The van der Waals surface area contributed by atoms with Crippen LogP contribution >= 0.6 is 0 Å². The highest BCUT2D eigenvalue weighted by molar-refractivity contribution is 6.74. The number of rotatable bonds is 17. The average molecular weight is 699 g/mol. The first kappa shape index (κ1) is 41.6. The Morgan fingerprint density at radius 3 is 2.06 bits per heavy atom. The number of carbonyl (C=O) groups excluding carboxylic acids is 3. The van der Waals surface area contributed by atoms with Gasteiger partial charge in [-0.1, -0.05) is 79.2 Å². The molecule has 0 aliphatic heterocycles. The minimum atomic E-state index is -1.92. The number of benzene rings is 2. The molecule has 10 nitrogen and oxygen atoms in total. The van der Waals surface area contributed by atoms with Crippen LogP contribution in [-0.2, 0) is 18.7 Å². The summed E-state index contributed by atoms with van der Waals surface area (Å²) in [5.74, 6) is 0.183. The maximum atomic E-state index is 13.2. The molecule has 11 heteroatoms. The van der Waals surface area contributed by atoms with Crippen LogP contribution in [0.1, 0.15) is 85.3 Å². The molecule has 2 N–H and O–H groups in total. The summed E-state index contributed by atoms with van der Waals surface area (Å²) in [4.78, 5) is 42.3. The Bertz CT molecular complexity index is 1350. The summed E-state index contributed by atoms with van der Waals surface area (Å²) < 4.78 is 16.7. The van der Waals surface area contributed by atoms with Crippen LogP contribution in [0.4, 0.5) is 26.7 Å². The maximum absolute atomic E-state index is 13.2. The molecule has 0 saturated heterocycles. The number of carbonyl (C=O) groups is 3. The lowest BCUT2D eigenvalue weighted by molar-refractivity contribution is -0.152. The summed E-state index contributed by atoms with van der Waals surface area (Å²) in [5, 5.41) is 6.09. The van der Waals surface area contributed by atoms with Gasteiger partial charge in [0.05, 0.1) is 24.4 Å². The highest BCUT2D eigenvalue weighted by atomic mass is 28.4. The zero-order valence-corrected chi connectivity index (χ0v) is 33.1. The molecule has 0 aliphatic rings. The van der Waals surface area contributed by atoms with Gasteiger partial charge in [0, 0.05) is 32.4 Å². The van der Waals surface area contributed by atoms with E-state index in [2.05, 4.69) is 77.1 Å². The second-order valence-corrected chi connectivity index (χ2v) is 20.1. The predicted molar refractivity (Wildman–Crippen MR) is 203 cm³/mol. The molecule has 0 fully saturated rings. The highest BCUT2D eigenvalue weighted by Gasteiger charge is 2.37. The molecule has 0 aliphatic carbocycles. The number of nitrogens with zero attached hydrogens (tertiary/aromatic N) is 2. The van der Waals surface area contributed by atoms with Crippen LogP contribution in [0.5, 0.6) is 0 Å². The van der Waals surface area contributed by atoms with E-state index in [1.54, 1.807) is 7.05 Å². The molecule has 49 heavy (non-hydrogen) atoms. The third-order valence-electron chi connectivity index (χ3n) is 8.88. The molecular formula is C38H62N4O6Si. The Kier molecular flexibility index (Phi) is 16.1. The minimum absolute atomic E-state index is 0.0783. The zero-order chi connectivity index (χ0) is 36.9. The van der Waals surface area contributed by atoms with E-state index in [9.17, 15) is 14.4 Å². The van der Waals surface area contributed by atoms with Gasteiger partial charge in [0.1, 0.15) is 0 Å². The Hall–Kier alpha value is -3.57. The van der Waals surface area contributed by atoms with E-state index in [-0.39, 0.29) is 23.4 Å². The molecule has 0 aromatic heterocycles. The van der Waals surface area contributed by atoms with Gasteiger partial charge in [-0.15, -0.1) is 0 Å². The highest BCUT2D eigenvalue weighted by Crippen LogP contribution is 2.36. The van der Waals surface area contributed by atoms with Gasteiger partial charge >= 0.3 is 18.1 Å². The van der Waals surface area contributed by atoms with Gasteiger partial charge in [-0.3, -0.25) is 4.79 Å². The molecule has 0 saturated carbocycles. The molecule has 0 bridgehead atoms. The number of likely N-dealkylation sites (N-methyl/N-ethyl adjacent to an activating group) is 1. The van der Waals surface area contributed by atoms with E-state index < -0.39 is 27.2 Å². The Labute approximate surface area is 296 Å². The van der Waals surface area contributed by atoms with Crippen molar-refractivity contribution < 1.29 is 28.3 Å². The van der Waals surface area contributed by atoms with Crippen LogP contribution in [0.25, 0.3) is 0 Å². The average Bonchev–Trinajstić information content (AvgIpc) is 2.99. The number of ether oxygens (including phenoxy) is 2. The number of anilines is 3. The number of nitrogens with one attached hydrogen (secondary N) is 2. The molecule has 3 amide bonds. The maximum Gasteiger partial charge on any atom is 0.412 e. The fraction of sp³-hybridized carbons (Fsp3) is 0.605. The van der Waals surface area contributed by atoms with Crippen molar-refractivity contribution in [1.29, 1.82) is 0 Å². The fourth-order valence-corrected chi connectivity index (χ4v) is 6.05. The number of aryl methyl sites for hydroxylation is 1. The van der Waals surface area contributed by atoms with Crippen LogP contribution in [0.3, 0.4) is 0 Å². The van der Waals surface area contributed by atoms with Gasteiger partial charge in [0.25, 0.3) is 0 Å². The minimum Gasteiger partial charge on any atom is -0.428 e. The fourth-order valence-electron chi connectivity index (χ4n) is 5.02. The molecule has 2 rings (SSSR count). The summed E-state index contributed by atoms with van der Waals surface area (Å²) in [6.07, 6.45) is 0.184. The summed E-state index contributed by atoms with van der Waals surface area (Å²) in [6, 6.07) is 13.3. The van der Waals surface area contributed by atoms with Crippen molar-refractivity contribution >= 4 is 43.5 Å². The number of hydrogen-bond acceptors (Lipinski definition) is 7. The molecule has 2 aromatic rings. The number of esters is 1.